The van der Waals surface area contributed by atoms with Crippen molar-refractivity contribution in [3.8, 4) is 0 Å². The second-order valence-corrected chi connectivity index (χ2v) is 6.72. The summed E-state index contributed by atoms with van der Waals surface area (Å²) >= 11 is 0. The Bertz CT molecular complexity index is 1120. The van der Waals surface area contributed by atoms with Gasteiger partial charge in [-0.3, -0.25) is 14.6 Å². The highest BCUT2D eigenvalue weighted by Gasteiger charge is 2.42. The summed E-state index contributed by atoms with van der Waals surface area (Å²) in [5, 5.41) is 10.5. The maximum absolute atomic E-state index is 13.5. The first kappa shape index (κ1) is 19.3. The molecule has 1 N–H and O–H groups in total. The number of ketones is 1. The summed E-state index contributed by atoms with van der Waals surface area (Å²) in [6.07, 6.45) is 7.37. The average Bonchev–Trinajstić information content (AvgIpc) is 3.36. The van der Waals surface area contributed by atoms with Gasteiger partial charge in [-0.2, -0.15) is 0 Å². The minimum atomic E-state index is -0.868. The molecule has 1 aliphatic heterocycles. The summed E-state index contributed by atoms with van der Waals surface area (Å²) in [5.74, 6) is -1.83. The fourth-order valence-electron chi connectivity index (χ4n) is 3.38. The molecule has 3 aromatic rings. The highest BCUT2D eigenvalue weighted by Crippen LogP contribution is 2.39. The summed E-state index contributed by atoms with van der Waals surface area (Å²) in [7, 11) is 0. The summed E-state index contributed by atoms with van der Waals surface area (Å²) < 4.78 is 18.6. The van der Waals surface area contributed by atoms with Crippen molar-refractivity contribution in [2.24, 2.45) is 0 Å². The van der Waals surface area contributed by atoms with Crippen molar-refractivity contribution < 1.29 is 23.5 Å². The summed E-state index contributed by atoms with van der Waals surface area (Å²) in [4.78, 5) is 31.2. The SMILES string of the molecule is O=C(C=Cc1ccco1)C1=C(O)C(=O)N(Cc2cccnc2)C1c1ccc(F)cc1. The Kier molecular flexibility index (Phi) is 5.26. The van der Waals surface area contributed by atoms with Gasteiger partial charge in [-0.25, -0.2) is 4.39 Å². The number of hydrogen-bond donors (Lipinski definition) is 1. The first-order valence-electron chi connectivity index (χ1n) is 9.19. The van der Waals surface area contributed by atoms with Crippen LogP contribution in [0, 0.1) is 5.82 Å². The number of aliphatic hydroxyl groups excluding tert-OH is 1. The molecule has 0 saturated carbocycles. The molecule has 0 saturated heterocycles. The second-order valence-electron chi connectivity index (χ2n) is 6.72. The van der Waals surface area contributed by atoms with Crippen LogP contribution in [0.5, 0.6) is 0 Å². The Balaban J connectivity index is 1.73. The van der Waals surface area contributed by atoms with Gasteiger partial charge in [0.05, 0.1) is 17.9 Å². The number of carbonyl (C=O) groups is 2. The molecule has 6 nitrogen and oxygen atoms in total. The van der Waals surface area contributed by atoms with Gasteiger partial charge >= 0.3 is 0 Å². The molecule has 2 aromatic heterocycles. The molecule has 0 radical (unpaired) electrons. The van der Waals surface area contributed by atoms with Crippen LogP contribution in [-0.2, 0) is 16.1 Å². The molecule has 1 aromatic carbocycles. The van der Waals surface area contributed by atoms with Gasteiger partial charge in [-0.05, 0) is 53.6 Å². The maximum atomic E-state index is 13.5. The zero-order valence-corrected chi connectivity index (χ0v) is 15.7. The predicted molar refractivity (Wildman–Crippen MR) is 106 cm³/mol. The number of furan rings is 1. The number of aliphatic hydroxyl groups is 1. The molecule has 0 bridgehead atoms. The third-order valence-electron chi connectivity index (χ3n) is 4.77. The normalized spacial score (nSPS) is 16.6. The van der Waals surface area contributed by atoms with E-state index in [1.807, 2.05) is 0 Å². The van der Waals surface area contributed by atoms with Crippen molar-refractivity contribution in [3.63, 3.8) is 0 Å². The van der Waals surface area contributed by atoms with Crippen LogP contribution in [0.2, 0.25) is 0 Å². The Labute approximate surface area is 171 Å². The quantitative estimate of drug-likeness (QED) is 0.628. The fraction of sp³-hybridized carbons (Fsp3) is 0.0870. The van der Waals surface area contributed by atoms with Gasteiger partial charge < -0.3 is 14.4 Å². The van der Waals surface area contributed by atoms with E-state index in [-0.39, 0.29) is 12.1 Å². The van der Waals surface area contributed by atoms with Crippen LogP contribution < -0.4 is 0 Å². The molecule has 1 atom stereocenters. The highest BCUT2D eigenvalue weighted by atomic mass is 19.1. The molecule has 1 unspecified atom stereocenters. The standard InChI is InChI=1S/C23H17FN2O4/c24-17-7-5-16(6-8-17)21-20(19(27)10-9-18-4-2-12-30-18)22(28)23(29)26(21)14-15-3-1-11-25-13-15/h1-13,21,28H,14H2. The van der Waals surface area contributed by atoms with Crippen LogP contribution in [0.25, 0.3) is 6.08 Å². The van der Waals surface area contributed by atoms with Crippen molar-refractivity contribution >= 4 is 17.8 Å². The maximum Gasteiger partial charge on any atom is 0.290 e. The number of rotatable bonds is 6. The molecule has 1 amide bonds. The van der Waals surface area contributed by atoms with Crippen LogP contribution in [0.15, 0.2) is 89.0 Å². The Morgan fingerprint density at radius 3 is 2.67 bits per heavy atom. The molecule has 0 spiro atoms. The largest absolute Gasteiger partial charge is 0.503 e. The third-order valence-corrected chi connectivity index (χ3v) is 4.77. The number of halogens is 1. The number of carbonyl (C=O) groups excluding carboxylic acids is 2. The Morgan fingerprint density at radius 2 is 2.00 bits per heavy atom. The topological polar surface area (TPSA) is 83.6 Å². The van der Waals surface area contributed by atoms with Crippen LogP contribution in [0.4, 0.5) is 4.39 Å². The third kappa shape index (κ3) is 3.77. The van der Waals surface area contributed by atoms with Gasteiger partial charge in [0.15, 0.2) is 11.5 Å². The first-order valence-corrected chi connectivity index (χ1v) is 9.19. The van der Waals surface area contributed by atoms with Crippen molar-refractivity contribution in [2.75, 3.05) is 0 Å². The van der Waals surface area contributed by atoms with Crippen molar-refractivity contribution in [3.05, 3.63) is 107 Å². The number of hydrogen-bond acceptors (Lipinski definition) is 5. The van der Waals surface area contributed by atoms with Gasteiger partial charge in [0.25, 0.3) is 5.91 Å². The number of amides is 1. The number of nitrogens with zero attached hydrogens (tertiary/aromatic N) is 2. The van der Waals surface area contributed by atoms with Gasteiger partial charge in [0, 0.05) is 18.9 Å². The molecular formula is C23H17FN2O4. The predicted octanol–water partition coefficient (Wildman–Crippen LogP) is 3.99. The minimum Gasteiger partial charge on any atom is -0.503 e. The van der Waals surface area contributed by atoms with E-state index in [0.717, 1.165) is 5.56 Å². The number of pyridine rings is 1. The summed E-state index contributed by atoms with van der Waals surface area (Å²) in [5.41, 5.74) is 1.16. The summed E-state index contributed by atoms with van der Waals surface area (Å²) in [6, 6.07) is 11.5. The van der Waals surface area contributed by atoms with E-state index in [2.05, 4.69) is 4.98 Å². The number of aromatic nitrogens is 1. The molecule has 1 aliphatic rings. The lowest BCUT2D eigenvalue weighted by molar-refractivity contribution is -0.130. The molecule has 0 aliphatic carbocycles. The van der Waals surface area contributed by atoms with Crippen LogP contribution in [0.1, 0.15) is 22.9 Å². The second kappa shape index (κ2) is 8.16. The number of allylic oxidation sites excluding steroid dienone is 1. The van der Waals surface area contributed by atoms with Gasteiger partial charge in [0.2, 0.25) is 0 Å². The van der Waals surface area contributed by atoms with Gasteiger partial charge in [-0.15, -0.1) is 0 Å². The van der Waals surface area contributed by atoms with Crippen molar-refractivity contribution in [1.29, 1.82) is 0 Å². The van der Waals surface area contributed by atoms with Crippen molar-refractivity contribution in [1.82, 2.24) is 9.88 Å². The molecule has 0 fully saturated rings. The Hall–Kier alpha value is -4.00. The van der Waals surface area contributed by atoms with Crippen LogP contribution >= 0.6 is 0 Å². The monoisotopic (exact) mass is 404 g/mol. The van der Waals surface area contributed by atoms with Crippen molar-refractivity contribution in [2.45, 2.75) is 12.6 Å². The summed E-state index contributed by atoms with van der Waals surface area (Å²) in [6.45, 7) is 0.122. The van der Waals surface area contributed by atoms with Crippen LogP contribution in [0.3, 0.4) is 0 Å². The lowest BCUT2D eigenvalue weighted by atomic mass is 9.95. The average molecular weight is 404 g/mol. The smallest absolute Gasteiger partial charge is 0.290 e. The molecule has 30 heavy (non-hydrogen) atoms. The zero-order chi connectivity index (χ0) is 21.1. The fourth-order valence-corrected chi connectivity index (χ4v) is 3.38. The van der Waals surface area contributed by atoms with E-state index in [1.165, 1.54) is 47.6 Å². The lowest BCUT2D eigenvalue weighted by Crippen LogP contribution is -2.30. The Morgan fingerprint density at radius 1 is 1.20 bits per heavy atom. The van der Waals surface area contributed by atoms with E-state index in [1.54, 1.807) is 36.7 Å². The van der Waals surface area contributed by atoms with Gasteiger partial charge in [-0.1, -0.05) is 18.2 Å². The molecule has 150 valence electrons. The zero-order valence-electron chi connectivity index (χ0n) is 15.7. The van der Waals surface area contributed by atoms with E-state index in [4.69, 9.17) is 4.42 Å². The molecule has 7 heteroatoms. The van der Waals surface area contributed by atoms with Gasteiger partial charge in [0.1, 0.15) is 11.6 Å². The number of benzene rings is 1. The van der Waals surface area contributed by atoms with E-state index in [9.17, 15) is 19.1 Å². The lowest BCUT2D eigenvalue weighted by Gasteiger charge is -2.26. The van der Waals surface area contributed by atoms with E-state index in [0.29, 0.717) is 11.3 Å². The molecule has 3 heterocycles. The van der Waals surface area contributed by atoms with E-state index < -0.39 is 29.3 Å². The van der Waals surface area contributed by atoms with E-state index >= 15 is 0 Å². The first-order chi connectivity index (χ1) is 14.5. The highest BCUT2D eigenvalue weighted by molar-refractivity contribution is 6.14. The molecular weight excluding hydrogens is 387 g/mol. The van der Waals surface area contributed by atoms with Crippen LogP contribution in [-0.4, -0.2) is 26.7 Å². The minimum absolute atomic E-state index is 0.0710. The molecule has 4 rings (SSSR count).